The minimum absolute atomic E-state index is 0.134. The molecule has 0 spiro atoms. The van der Waals surface area contributed by atoms with Crippen molar-refractivity contribution >= 4 is 11.8 Å². The topological polar surface area (TPSA) is 128 Å². The number of amides is 2. The summed E-state index contributed by atoms with van der Waals surface area (Å²) in [6.45, 7) is 1.07. The lowest BCUT2D eigenvalue weighted by Crippen LogP contribution is -2.40. The zero-order valence-electron chi connectivity index (χ0n) is 15.1. The van der Waals surface area contributed by atoms with Gasteiger partial charge in [-0.3, -0.25) is 14.3 Å². The smallest absolute Gasteiger partial charge is 0.251 e. The highest BCUT2D eigenvalue weighted by Crippen LogP contribution is 2.33. The first-order chi connectivity index (χ1) is 13.6. The molecule has 3 atom stereocenters. The van der Waals surface area contributed by atoms with Crippen molar-refractivity contribution in [2.75, 3.05) is 13.3 Å². The van der Waals surface area contributed by atoms with Crippen molar-refractivity contribution in [2.45, 2.75) is 31.5 Å². The number of rotatable bonds is 6. The van der Waals surface area contributed by atoms with Crippen molar-refractivity contribution < 1.29 is 24.2 Å². The van der Waals surface area contributed by atoms with Crippen molar-refractivity contribution in [3.63, 3.8) is 0 Å². The summed E-state index contributed by atoms with van der Waals surface area (Å²) in [7, 11) is 0. The summed E-state index contributed by atoms with van der Waals surface area (Å²) in [5, 5.41) is 23.4. The minimum Gasteiger partial charge on any atom is -0.454 e. The first-order valence-electron chi connectivity index (χ1n) is 9.10. The molecule has 0 saturated heterocycles. The molecule has 0 unspecified atom stereocenters. The van der Waals surface area contributed by atoms with Gasteiger partial charge in [0.15, 0.2) is 11.5 Å². The second-order valence-electron chi connectivity index (χ2n) is 6.84. The SMILES string of the molecule is O=C(N[C@@H]1C[C@H](C(=O)NCCn2ccnn2)C[C@H]1O)c1ccc2c(c1)OCO2. The number of aliphatic hydroxyl groups is 1. The molecular formula is C18H21N5O5. The van der Waals surface area contributed by atoms with Gasteiger partial charge in [0, 0.05) is 24.2 Å². The summed E-state index contributed by atoms with van der Waals surface area (Å²) >= 11 is 0. The Bertz CT molecular complexity index is 856. The molecule has 2 aliphatic rings. The summed E-state index contributed by atoms with van der Waals surface area (Å²) in [6.07, 6.45) is 3.20. The maximum absolute atomic E-state index is 12.5. The van der Waals surface area contributed by atoms with Crippen LogP contribution < -0.4 is 20.1 Å². The van der Waals surface area contributed by atoms with Crippen molar-refractivity contribution in [1.82, 2.24) is 25.6 Å². The monoisotopic (exact) mass is 387 g/mol. The zero-order chi connectivity index (χ0) is 19.5. The predicted octanol–water partition coefficient (Wildman–Crippen LogP) is -0.307. The molecule has 1 saturated carbocycles. The lowest BCUT2D eigenvalue weighted by atomic mass is 10.1. The molecule has 3 N–H and O–H groups in total. The lowest BCUT2D eigenvalue weighted by Gasteiger charge is -2.16. The molecule has 0 radical (unpaired) electrons. The van der Waals surface area contributed by atoms with Gasteiger partial charge in [0.1, 0.15) is 0 Å². The molecular weight excluding hydrogens is 366 g/mol. The van der Waals surface area contributed by atoms with E-state index in [0.717, 1.165) is 0 Å². The number of nitrogens with one attached hydrogen (secondary N) is 2. The van der Waals surface area contributed by atoms with Gasteiger partial charge in [0.25, 0.3) is 5.91 Å². The number of fused-ring (bicyclic) bond motifs is 1. The minimum atomic E-state index is -0.774. The largest absolute Gasteiger partial charge is 0.454 e. The van der Waals surface area contributed by atoms with Crippen LogP contribution in [0.2, 0.25) is 0 Å². The second-order valence-corrected chi connectivity index (χ2v) is 6.84. The maximum atomic E-state index is 12.5. The summed E-state index contributed by atoms with van der Waals surface area (Å²) in [6, 6.07) is 4.43. The van der Waals surface area contributed by atoms with Crippen molar-refractivity contribution in [3.05, 3.63) is 36.2 Å². The number of carbonyl (C=O) groups is 2. The molecule has 2 heterocycles. The van der Waals surface area contributed by atoms with Crippen LogP contribution in [0.5, 0.6) is 11.5 Å². The van der Waals surface area contributed by atoms with E-state index in [1.54, 1.807) is 35.3 Å². The van der Waals surface area contributed by atoms with Crippen LogP contribution >= 0.6 is 0 Å². The Kier molecular flexibility index (Phi) is 5.11. The lowest BCUT2D eigenvalue weighted by molar-refractivity contribution is -0.125. The number of hydrogen-bond donors (Lipinski definition) is 3. The number of benzene rings is 1. The Hall–Kier alpha value is -3.14. The van der Waals surface area contributed by atoms with Gasteiger partial charge in [-0.05, 0) is 31.0 Å². The highest BCUT2D eigenvalue weighted by molar-refractivity contribution is 5.95. The van der Waals surface area contributed by atoms with Gasteiger partial charge < -0.3 is 25.2 Å². The third kappa shape index (κ3) is 3.91. The summed E-state index contributed by atoms with van der Waals surface area (Å²) in [4.78, 5) is 24.8. The first kappa shape index (κ1) is 18.2. The first-order valence-corrected chi connectivity index (χ1v) is 9.10. The fourth-order valence-corrected chi connectivity index (χ4v) is 3.46. The Morgan fingerprint density at radius 2 is 2.11 bits per heavy atom. The number of aromatic nitrogens is 3. The molecule has 1 aliphatic carbocycles. The highest BCUT2D eigenvalue weighted by atomic mass is 16.7. The van der Waals surface area contributed by atoms with E-state index in [1.807, 2.05) is 0 Å². The maximum Gasteiger partial charge on any atom is 0.251 e. The van der Waals surface area contributed by atoms with Gasteiger partial charge in [-0.2, -0.15) is 0 Å². The summed E-state index contributed by atoms with van der Waals surface area (Å²) in [5.74, 6) is 0.297. The summed E-state index contributed by atoms with van der Waals surface area (Å²) < 4.78 is 12.1. The predicted molar refractivity (Wildman–Crippen MR) is 95.6 cm³/mol. The van der Waals surface area contributed by atoms with E-state index < -0.39 is 12.1 Å². The van der Waals surface area contributed by atoms with Crippen LogP contribution in [0.15, 0.2) is 30.6 Å². The number of carbonyl (C=O) groups excluding carboxylic acids is 2. The number of aliphatic hydroxyl groups excluding tert-OH is 1. The van der Waals surface area contributed by atoms with Crippen molar-refractivity contribution in [3.8, 4) is 11.5 Å². The fraction of sp³-hybridized carbons (Fsp3) is 0.444. The van der Waals surface area contributed by atoms with Gasteiger partial charge >= 0.3 is 0 Å². The molecule has 148 valence electrons. The molecule has 4 rings (SSSR count). The molecule has 10 heteroatoms. The van der Waals surface area contributed by atoms with Crippen LogP contribution in [-0.2, 0) is 11.3 Å². The Morgan fingerprint density at radius 3 is 2.93 bits per heavy atom. The zero-order valence-corrected chi connectivity index (χ0v) is 15.1. The van der Waals surface area contributed by atoms with E-state index in [4.69, 9.17) is 9.47 Å². The van der Waals surface area contributed by atoms with E-state index in [9.17, 15) is 14.7 Å². The molecule has 1 aliphatic heterocycles. The van der Waals surface area contributed by atoms with E-state index in [-0.39, 0.29) is 24.5 Å². The van der Waals surface area contributed by atoms with Crippen LogP contribution in [0.1, 0.15) is 23.2 Å². The Balaban J connectivity index is 1.28. The Morgan fingerprint density at radius 1 is 1.25 bits per heavy atom. The van der Waals surface area contributed by atoms with Crippen LogP contribution in [0.3, 0.4) is 0 Å². The van der Waals surface area contributed by atoms with Gasteiger partial charge in [-0.25, -0.2) is 0 Å². The molecule has 2 amide bonds. The van der Waals surface area contributed by atoms with Crippen LogP contribution in [0.25, 0.3) is 0 Å². The van der Waals surface area contributed by atoms with Crippen LogP contribution in [-0.4, -0.2) is 57.4 Å². The normalized spacial score (nSPS) is 22.8. The van der Waals surface area contributed by atoms with Crippen molar-refractivity contribution in [2.24, 2.45) is 5.92 Å². The molecule has 2 aromatic rings. The molecule has 1 aromatic heterocycles. The van der Waals surface area contributed by atoms with Gasteiger partial charge in [-0.1, -0.05) is 5.21 Å². The van der Waals surface area contributed by atoms with Crippen LogP contribution in [0, 0.1) is 5.92 Å². The van der Waals surface area contributed by atoms with E-state index in [1.165, 1.54) is 0 Å². The average molecular weight is 387 g/mol. The third-order valence-corrected chi connectivity index (χ3v) is 4.96. The van der Waals surface area contributed by atoms with E-state index >= 15 is 0 Å². The number of ether oxygens (including phenoxy) is 2. The number of hydrogen-bond acceptors (Lipinski definition) is 7. The van der Waals surface area contributed by atoms with Gasteiger partial charge in [-0.15, -0.1) is 5.10 Å². The van der Waals surface area contributed by atoms with Crippen LogP contribution in [0.4, 0.5) is 0 Å². The highest BCUT2D eigenvalue weighted by Gasteiger charge is 2.37. The van der Waals surface area contributed by atoms with Crippen molar-refractivity contribution in [1.29, 1.82) is 0 Å². The molecule has 0 bridgehead atoms. The summed E-state index contributed by atoms with van der Waals surface area (Å²) in [5.41, 5.74) is 0.414. The Labute approximate surface area is 160 Å². The standard InChI is InChI=1S/C18H21N5O5/c24-14-8-12(17(25)19-3-5-23-6-4-20-22-23)7-13(14)21-18(26)11-1-2-15-16(9-11)28-10-27-15/h1-2,4,6,9,12-14,24H,3,5,7-8,10H2,(H,19,25)(H,21,26)/t12-,13+,14+/m0/s1. The average Bonchev–Trinajstić information content (AvgIpc) is 3.42. The molecule has 1 fully saturated rings. The van der Waals surface area contributed by atoms with Gasteiger partial charge in [0.2, 0.25) is 12.7 Å². The number of nitrogens with zero attached hydrogens (tertiary/aromatic N) is 3. The molecule has 28 heavy (non-hydrogen) atoms. The third-order valence-electron chi connectivity index (χ3n) is 4.96. The molecule has 1 aromatic carbocycles. The second kappa shape index (κ2) is 7.85. The van der Waals surface area contributed by atoms with Gasteiger partial charge in [0.05, 0.1) is 24.9 Å². The fourth-order valence-electron chi connectivity index (χ4n) is 3.46. The quantitative estimate of drug-likeness (QED) is 0.620. The van der Waals surface area contributed by atoms with E-state index in [0.29, 0.717) is 43.0 Å². The van der Waals surface area contributed by atoms with E-state index in [2.05, 4.69) is 20.9 Å². The molecule has 10 nitrogen and oxygen atoms in total.